The standard InChI is InChI=1S/C13H18F2N2O3S/c1-2-17(7-9-3-4-20-8-9)21(18,19)13-6-12(16)10(14)5-11(13)15/h5-6,9H,2-4,7-8,16H2,1H3. The molecule has 0 bridgehead atoms. The number of rotatable bonds is 5. The molecule has 0 radical (unpaired) electrons. The van der Waals surface area contributed by atoms with E-state index in [4.69, 9.17) is 10.5 Å². The second-order valence-corrected chi connectivity index (χ2v) is 6.90. The van der Waals surface area contributed by atoms with Crippen molar-refractivity contribution in [3.8, 4) is 0 Å². The van der Waals surface area contributed by atoms with E-state index in [-0.39, 0.29) is 19.0 Å². The predicted octanol–water partition coefficient (Wildman–Crippen LogP) is 1.59. The van der Waals surface area contributed by atoms with Crippen molar-refractivity contribution in [1.82, 2.24) is 4.31 Å². The fourth-order valence-corrected chi connectivity index (χ4v) is 3.90. The summed E-state index contributed by atoms with van der Waals surface area (Å²) in [5, 5.41) is 0. The van der Waals surface area contributed by atoms with Crippen LogP contribution in [-0.2, 0) is 14.8 Å². The number of anilines is 1. The number of hydrogen-bond acceptors (Lipinski definition) is 4. The van der Waals surface area contributed by atoms with Crippen molar-refractivity contribution in [2.75, 3.05) is 32.0 Å². The van der Waals surface area contributed by atoms with Crippen LogP contribution in [0, 0.1) is 17.6 Å². The molecule has 1 aromatic rings. The minimum absolute atomic E-state index is 0.0839. The summed E-state index contributed by atoms with van der Waals surface area (Å²) in [7, 11) is -4.05. The van der Waals surface area contributed by atoms with Crippen LogP contribution in [0.25, 0.3) is 0 Å². The Morgan fingerprint density at radius 2 is 2.10 bits per heavy atom. The van der Waals surface area contributed by atoms with E-state index in [1.54, 1.807) is 6.92 Å². The molecule has 0 aliphatic carbocycles. The number of benzene rings is 1. The van der Waals surface area contributed by atoms with E-state index in [0.29, 0.717) is 19.3 Å². The molecule has 0 saturated carbocycles. The first kappa shape index (κ1) is 16.1. The van der Waals surface area contributed by atoms with Crippen LogP contribution in [0.4, 0.5) is 14.5 Å². The van der Waals surface area contributed by atoms with Gasteiger partial charge in [-0.2, -0.15) is 4.31 Å². The number of hydrogen-bond donors (Lipinski definition) is 1. The normalized spacial score (nSPS) is 19.3. The summed E-state index contributed by atoms with van der Waals surface area (Å²) < 4.78 is 58.4. The van der Waals surface area contributed by atoms with Gasteiger partial charge in [0.15, 0.2) is 0 Å². The Balaban J connectivity index is 2.32. The summed E-state index contributed by atoms with van der Waals surface area (Å²) in [6.45, 7) is 3.18. The molecule has 1 aromatic carbocycles. The molecule has 8 heteroatoms. The molecular formula is C13H18F2N2O3S. The molecular weight excluding hydrogens is 302 g/mol. The molecule has 2 N–H and O–H groups in total. The van der Waals surface area contributed by atoms with E-state index in [1.807, 2.05) is 0 Å². The van der Waals surface area contributed by atoms with Gasteiger partial charge in [0.2, 0.25) is 10.0 Å². The van der Waals surface area contributed by atoms with Crippen LogP contribution in [0.3, 0.4) is 0 Å². The molecule has 21 heavy (non-hydrogen) atoms. The summed E-state index contributed by atoms with van der Waals surface area (Å²) in [6, 6.07) is 1.32. The average molecular weight is 320 g/mol. The number of nitrogens with zero attached hydrogens (tertiary/aromatic N) is 1. The number of nitrogens with two attached hydrogens (primary N) is 1. The molecule has 1 saturated heterocycles. The lowest BCUT2D eigenvalue weighted by atomic mass is 10.1. The fraction of sp³-hybridized carbons (Fsp3) is 0.538. The first-order valence-corrected chi connectivity index (χ1v) is 8.12. The monoisotopic (exact) mass is 320 g/mol. The zero-order valence-electron chi connectivity index (χ0n) is 11.7. The van der Waals surface area contributed by atoms with E-state index < -0.39 is 32.2 Å². The number of nitrogen functional groups attached to an aromatic ring is 1. The molecule has 2 rings (SSSR count). The Labute approximate surface area is 122 Å². The minimum Gasteiger partial charge on any atom is -0.396 e. The zero-order chi connectivity index (χ0) is 15.6. The van der Waals surface area contributed by atoms with E-state index in [9.17, 15) is 17.2 Å². The SMILES string of the molecule is CCN(CC1CCOC1)S(=O)(=O)c1cc(N)c(F)cc1F. The molecule has 0 aromatic heterocycles. The van der Waals surface area contributed by atoms with Crippen molar-refractivity contribution < 1.29 is 21.9 Å². The van der Waals surface area contributed by atoms with Gasteiger partial charge in [0, 0.05) is 25.8 Å². The van der Waals surface area contributed by atoms with Crippen LogP contribution >= 0.6 is 0 Å². The molecule has 5 nitrogen and oxygen atoms in total. The van der Waals surface area contributed by atoms with Crippen molar-refractivity contribution in [3.63, 3.8) is 0 Å². The highest BCUT2D eigenvalue weighted by Gasteiger charge is 2.30. The Hall–Kier alpha value is -1.25. The molecule has 1 aliphatic heterocycles. The van der Waals surface area contributed by atoms with E-state index in [1.165, 1.54) is 4.31 Å². The second kappa shape index (κ2) is 6.25. The Morgan fingerprint density at radius 1 is 1.38 bits per heavy atom. The maximum absolute atomic E-state index is 13.8. The van der Waals surface area contributed by atoms with Crippen molar-refractivity contribution >= 4 is 15.7 Å². The lowest BCUT2D eigenvalue weighted by Gasteiger charge is -2.23. The van der Waals surface area contributed by atoms with Gasteiger partial charge in [-0.15, -0.1) is 0 Å². The van der Waals surface area contributed by atoms with Crippen molar-refractivity contribution in [2.45, 2.75) is 18.2 Å². The smallest absolute Gasteiger partial charge is 0.246 e. The van der Waals surface area contributed by atoms with Crippen LogP contribution in [-0.4, -0.2) is 39.0 Å². The van der Waals surface area contributed by atoms with Gasteiger partial charge in [0.1, 0.15) is 16.5 Å². The van der Waals surface area contributed by atoms with Crippen molar-refractivity contribution in [1.29, 1.82) is 0 Å². The topological polar surface area (TPSA) is 72.6 Å². The van der Waals surface area contributed by atoms with E-state index in [0.717, 1.165) is 12.5 Å². The quantitative estimate of drug-likeness (QED) is 0.836. The first-order chi connectivity index (χ1) is 9.86. The Bertz CT molecular complexity index is 616. The number of halogens is 2. The highest BCUT2D eigenvalue weighted by atomic mass is 32.2. The lowest BCUT2D eigenvalue weighted by Crippen LogP contribution is -2.36. The van der Waals surface area contributed by atoms with Crippen molar-refractivity contribution in [3.05, 3.63) is 23.8 Å². The third-order valence-electron chi connectivity index (χ3n) is 3.51. The Morgan fingerprint density at radius 3 is 2.67 bits per heavy atom. The second-order valence-electron chi connectivity index (χ2n) is 4.99. The average Bonchev–Trinajstić information content (AvgIpc) is 2.92. The minimum atomic E-state index is -4.05. The van der Waals surface area contributed by atoms with Gasteiger partial charge in [-0.05, 0) is 18.4 Å². The Kier molecular flexibility index (Phi) is 4.80. The maximum atomic E-state index is 13.8. The summed E-state index contributed by atoms with van der Waals surface area (Å²) in [5.74, 6) is -2.03. The molecule has 1 unspecified atom stereocenters. The van der Waals surface area contributed by atoms with E-state index in [2.05, 4.69) is 0 Å². The van der Waals surface area contributed by atoms with Crippen molar-refractivity contribution in [2.24, 2.45) is 5.92 Å². The van der Waals surface area contributed by atoms with Crippen LogP contribution in [0.1, 0.15) is 13.3 Å². The molecule has 1 fully saturated rings. The largest absolute Gasteiger partial charge is 0.396 e. The molecule has 1 aliphatic rings. The zero-order valence-corrected chi connectivity index (χ0v) is 12.5. The van der Waals surface area contributed by atoms with Gasteiger partial charge in [0.25, 0.3) is 0 Å². The first-order valence-electron chi connectivity index (χ1n) is 6.68. The number of sulfonamides is 1. The predicted molar refractivity (Wildman–Crippen MR) is 74.1 cm³/mol. The summed E-state index contributed by atoms with van der Waals surface area (Å²) >= 11 is 0. The lowest BCUT2D eigenvalue weighted by molar-refractivity contribution is 0.180. The molecule has 0 amide bonds. The molecule has 1 heterocycles. The van der Waals surface area contributed by atoms with Gasteiger partial charge < -0.3 is 10.5 Å². The summed E-state index contributed by atoms with van der Waals surface area (Å²) in [6.07, 6.45) is 0.764. The third-order valence-corrected chi connectivity index (χ3v) is 5.46. The fourth-order valence-electron chi connectivity index (χ4n) is 2.29. The molecule has 118 valence electrons. The van der Waals surface area contributed by atoms with Gasteiger partial charge in [-0.1, -0.05) is 6.92 Å². The maximum Gasteiger partial charge on any atom is 0.246 e. The van der Waals surface area contributed by atoms with Crippen LogP contribution in [0.15, 0.2) is 17.0 Å². The molecule has 0 spiro atoms. The highest BCUT2D eigenvalue weighted by molar-refractivity contribution is 7.89. The van der Waals surface area contributed by atoms with Gasteiger partial charge in [-0.25, -0.2) is 17.2 Å². The summed E-state index contributed by atoms with van der Waals surface area (Å²) in [5.41, 5.74) is 4.95. The highest BCUT2D eigenvalue weighted by Crippen LogP contribution is 2.25. The summed E-state index contributed by atoms with van der Waals surface area (Å²) in [4.78, 5) is -0.595. The van der Waals surface area contributed by atoms with E-state index >= 15 is 0 Å². The van der Waals surface area contributed by atoms with Crippen LogP contribution in [0.2, 0.25) is 0 Å². The van der Waals surface area contributed by atoms with Crippen LogP contribution < -0.4 is 5.73 Å². The third kappa shape index (κ3) is 3.33. The number of ether oxygens (including phenoxy) is 1. The van der Waals surface area contributed by atoms with Gasteiger partial charge in [0.05, 0.1) is 12.3 Å². The van der Waals surface area contributed by atoms with Gasteiger partial charge >= 0.3 is 0 Å². The van der Waals surface area contributed by atoms with Gasteiger partial charge in [-0.3, -0.25) is 0 Å². The van der Waals surface area contributed by atoms with Crippen LogP contribution in [0.5, 0.6) is 0 Å². The molecule has 1 atom stereocenters.